The van der Waals surface area contributed by atoms with Crippen LogP contribution in [0.1, 0.15) is 18.5 Å². The fourth-order valence-electron chi connectivity index (χ4n) is 1.56. The Bertz CT molecular complexity index is 647. The zero-order valence-corrected chi connectivity index (χ0v) is 10.6. The number of nitro benzene ring substituents is 1. The van der Waals surface area contributed by atoms with Gasteiger partial charge in [0.1, 0.15) is 0 Å². The Morgan fingerprint density at radius 3 is 2.75 bits per heavy atom. The van der Waals surface area contributed by atoms with E-state index < -0.39 is 10.7 Å². The van der Waals surface area contributed by atoms with Crippen molar-refractivity contribution in [1.29, 1.82) is 0 Å². The van der Waals surface area contributed by atoms with Gasteiger partial charge in [-0.1, -0.05) is 0 Å². The first-order valence-electron chi connectivity index (χ1n) is 5.80. The minimum absolute atomic E-state index is 0.134. The van der Waals surface area contributed by atoms with Crippen molar-refractivity contribution in [3.05, 3.63) is 58.0 Å². The van der Waals surface area contributed by atoms with E-state index in [4.69, 9.17) is 10.5 Å². The maximum absolute atomic E-state index is 13.7. The maximum Gasteiger partial charge on any atom is 0.272 e. The summed E-state index contributed by atoms with van der Waals surface area (Å²) in [7, 11) is 0. The molecule has 20 heavy (non-hydrogen) atoms. The molecule has 1 heterocycles. The van der Waals surface area contributed by atoms with Gasteiger partial charge in [0.25, 0.3) is 5.69 Å². The van der Waals surface area contributed by atoms with Gasteiger partial charge in [0, 0.05) is 24.4 Å². The van der Waals surface area contributed by atoms with E-state index in [1.165, 1.54) is 12.3 Å². The van der Waals surface area contributed by atoms with Crippen LogP contribution in [0.15, 0.2) is 36.5 Å². The van der Waals surface area contributed by atoms with Crippen LogP contribution in [0.4, 0.5) is 10.1 Å². The van der Waals surface area contributed by atoms with Crippen LogP contribution < -0.4 is 10.5 Å². The number of benzene rings is 1. The number of aromatic nitrogens is 1. The highest BCUT2D eigenvalue weighted by atomic mass is 19.1. The van der Waals surface area contributed by atoms with Gasteiger partial charge in [-0.05, 0) is 24.6 Å². The summed E-state index contributed by atoms with van der Waals surface area (Å²) < 4.78 is 18.9. The Labute approximate surface area is 114 Å². The molecule has 0 aliphatic carbocycles. The summed E-state index contributed by atoms with van der Waals surface area (Å²) in [4.78, 5) is 13.8. The zero-order chi connectivity index (χ0) is 14.7. The number of pyridine rings is 1. The standard InChI is InChI=1S/C13H12FN3O3/c1-8(15)9-4-5-16-13(6-9)20-12-3-2-10(17(18)19)7-11(12)14/h2-8H,15H2,1H3/t8-/m1/s1. The van der Waals surface area contributed by atoms with Crippen LogP contribution in [0.5, 0.6) is 11.6 Å². The van der Waals surface area contributed by atoms with Crippen LogP contribution in [-0.2, 0) is 0 Å². The SMILES string of the molecule is C[C@@H](N)c1ccnc(Oc2ccc([N+](=O)[O-])cc2F)c1. The van der Waals surface area contributed by atoms with Crippen molar-refractivity contribution in [2.24, 2.45) is 5.73 Å². The molecule has 0 spiro atoms. The number of hydrogen-bond acceptors (Lipinski definition) is 5. The van der Waals surface area contributed by atoms with Crippen LogP contribution in [0.3, 0.4) is 0 Å². The lowest BCUT2D eigenvalue weighted by Crippen LogP contribution is -2.05. The Morgan fingerprint density at radius 1 is 1.40 bits per heavy atom. The molecule has 0 aliphatic rings. The highest BCUT2D eigenvalue weighted by Gasteiger charge is 2.13. The van der Waals surface area contributed by atoms with Gasteiger partial charge in [0.15, 0.2) is 11.6 Å². The summed E-state index contributed by atoms with van der Waals surface area (Å²) in [6.07, 6.45) is 1.50. The highest BCUT2D eigenvalue weighted by Crippen LogP contribution is 2.27. The van der Waals surface area contributed by atoms with E-state index in [1.807, 2.05) is 0 Å². The number of rotatable bonds is 4. The third-order valence-electron chi connectivity index (χ3n) is 2.63. The summed E-state index contributed by atoms with van der Waals surface area (Å²) in [5, 5.41) is 10.5. The second kappa shape index (κ2) is 5.62. The Balaban J connectivity index is 2.26. The van der Waals surface area contributed by atoms with Crippen molar-refractivity contribution in [3.8, 4) is 11.6 Å². The number of non-ortho nitro benzene ring substituents is 1. The van der Waals surface area contributed by atoms with Crippen molar-refractivity contribution in [2.75, 3.05) is 0 Å². The van der Waals surface area contributed by atoms with Gasteiger partial charge < -0.3 is 10.5 Å². The molecule has 0 fully saturated rings. The van der Waals surface area contributed by atoms with Crippen molar-refractivity contribution < 1.29 is 14.1 Å². The molecule has 104 valence electrons. The lowest BCUT2D eigenvalue weighted by Gasteiger charge is -2.09. The van der Waals surface area contributed by atoms with E-state index in [1.54, 1.807) is 19.1 Å². The van der Waals surface area contributed by atoms with Gasteiger partial charge in [0.05, 0.1) is 11.0 Å². The summed E-state index contributed by atoms with van der Waals surface area (Å²) in [5.74, 6) is -0.787. The molecule has 6 nitrogen and oxygen atoms in total. The first kappa shape index (κ1) is 13.9. The van der Waals surface area contributed by atoms with Gasteiger partial charge in [-0.2, -0.15) is 0 Å². The number of nitrogens with zero attached hydrogens (tertiary/aromatic N) is 2. The molecular weight excluding hydrogens is 265 g/mol. The quantitative estimate of drug-likeness (QED) is 0.685. The molecule has 0 saturated carbocycles. The minimum Gasteiger partial charge on any atom is -0.436 e. The average molecular weight is 277 g/mol. The monoisotopic (exact) mass is 277 g/mol. The number of halogens is 1. The largest absolute Gasteiger partial charge is 0.436 e. The lowest BCUT2D eigenvalue weighted by atomic mass is 10.1. The molecule has 0 aliphatic heterocycles. The maximum atomic E-state index is 13.7. The number of nitro groups is 1. The van der Waals surface area contributed by atoms with E-state index >= 15 is 0 Å². The lowest BCUT2D eigenvalue weighted by molar-refractivity contribution is -0.385. The molecule has 2 N–H and O–H groups in total. The Hall–Kier alpha value is -2.54. The van der Waals surface area contributed by atoms with Gasteiger partial charge in [0.2, 0.25) is 5.88 Å². The summed E-state index contributed by atoms with van der Waals surface area (Å²) in [5.41, 5.74) is 6.18. The van der Waals surface area contributed by atoms with Crippen molar-refractivity contribution >= 4 is 5.69 Å². The topological polar surface area (TPSA) is 91.3 Å². The first-order chi connectivity index (χ1) is 9.47. The van der Waals surface area contributed by atoms with Gasteiger partial charge in [-0.3, -0.25) is 10.1 Å². The van der Waals surface area contributed by atoms with Gasteiger partial charge in [-0.15, -0.1) is 0 Å². The molecule has 0 amide bonds. The molecule has 7 heteroatoms. The molecule has 0 bridgehead atoms. The molecular formula is C13H12FN3O3. The van der Waals surface area contributed by atoms with Crippen molar-refractivity contribution in [1.82, 2.24) is 4.98 Å². The summed E-state index contributed by atoms with van der Waals surface area (Å²) in [6.45, 7) is 1.80. The molecule has 1 aromatic heterocycles. The van der Waals surface area contributed by atoms with E-state index in [2.05, 4.69) is 4.98 Å². The number of nitrogens with two attached hydrogens (primary N) is 1. The number of hydrogen-bond donors (Lipinski definition) is 1. The second-order valence-electron chi connectivity index (χ2n) is 4.19. The third kappa shape index (κ3) is 3.07. The Morgan fingerprint density at radius 2 is 2.15 bits per heavy atom. The summed E-state index contributed by atoms with van der Waals surface area (Å²) in [6, 6.07) is 6.25. The molecule has 1 atom stereocenters. The van der Waals surface area contributed by atoms with Crippen LogP contribution >= 0.6 is 0 Å². The van der Waals surface area contributed by atoms with Crippen molar-refractivity contribution in [2.45, 2.75) is 13.0 Å². The van der Waals surface area contributed by atoms with Crippen molar-refractivity contribution in [3.63, 3.8) is 0 Å². The molecule has 2 rings (SSSR count). The average Bonchev–Trinajstić information content (AvgIpc) is 2.41. The smallest absolute Gasteiger partial charge is 0.272 e. The van der Waals surface area contributed by atoms with E-state index in [9.17, 15) is 14.5 Å². The molecule has 0 radical (unpaired) electrons. The number of ether oxygens (including phenoxy) is 1. The fraction of sp³-hybridized carbons (Fsp3) is 0.154. The van der Waals surface area contributed by atoms with Crippen LogP contribution in [0.25, 0.3) is 0 Å². The molecule has 0 unspecified atom stereocenters. The second-order valence-corrected chi connectivity index (χ2v) is 4.19. The van der Waals surface area contributed by atoms with E-state index in [0.29, 0.717) is 0 Å². The van der Waals surface area contributed by atoms with Gasteiger partial charge >= 0.3 is 0 Å². The van der Waals surface area contributed by atoms with E-state index in [0.717, 1.165) is 17.7 Å². The van der Waals surface area contributed by atoms with E-state index in [-0.39, 0.29) is 23.4 Å². The van der Waals surface area contributed by atoms with Gasteiger partial charge in [-0.25, -0.2) is 9.37 Å². The van der Waals surface area contributed by atoms with Crippen LogP contribution in [-0.4, -0.2) is 9.91 Å². The molecule has 2 aromatic rings. The highest BCUT2D eigenvalue weighted by molar-refractivity contribution is 5.39. The molecule has 1 aromatic carbocycles. The first-order valence-corrected chi connectivity index (χ1v) is 5.80. The molecule has 0 saturated heterocycles. The predicted molar refractivity (Wildman–Crippen MR) is 70.0 cm³/mol. The summed E-state index contributed by atoms with van der Waals surface area (Å²) >= 11 is 0. The van der Waals surface area contributed by atoms with Crippen LogP contribution in [0, 0.1) is 15.9 Å². The Kier molecular flexibility index (Phi) is 3.90. The van der Waals surface area contributed by atoms with Crippen LogP contribution in [0.2, 0.25) is 0 Å². The predicted octanol–water partition coefficient (Wildman–Crippen LogP) is 2.94. The fourth-order valence-corrected chi connectivity index (χ4v) is 1.56. The normalized spacial score (nSPS) is 11.9. The third-order valence-corrected chi connectivity index (χ3v) is 2.63. The minimum atomic E-state index is -0.827. The zero-order valence-electron chi connectivity index (χ0n) is 10.6.